The summed E-state index contributed by atoms with van der Waals surface area (Å²) in [5.74, 6) is -0.808. The molecule has 0 atom stereocenters. The van der Waals surface area contributed by atoms with Crippen LogP contribution in [0, 0.1) is 5.82 Å². The molecular formula is C14H11Cl2FN2O2. The van der Waals surface area contributed by atoms with Gasteiger partial charge in [0.1, 0.15) is 6.61 Å². The van der Waals surface area contributed by atoms with E-state index in [0.29, 0.717) is 15.6 Å². The maximum absolute atomic E-state index is 13.9. The van der Waals surface area contributed by atoms with E-state index in [1.807, 2.05) is 0 Å². The van der Waals surface area contributed by atoms with Gasteiger partial charge in [0.25, 0.3) is 0 Å². The Morgan fingerprint density at radius 1 is 1.24 bits per heavy atom. The van der Waals surface area contributed by atoms with Crippen LogP contribution in [0.5, 0.6) is 5.75 Å². The number of halogens is 3. The Labute approximate surface area is 130 Å². The Kier molecular flexibility index (Phi) is 4.88. The minimum Gasteiger partial charge on any atom is -0.486 e. The number of nitrogens with zero attached hydrogens (tertiary/aromatic N) is 1. The number of hydrogen-bond acceptors (Lipinski definition) is 3. The lowest BCUT2D eigenvalue weighted by atomic mass is 10.2. The van der Waals surface area contributed by atoms with Crippen LogP contribution in [0.3, 0.4) is 0 Å². The van der Waals surface area contributed by atoms with Crippen LogP contribution in [-0.2, 0) is 6.61 Å². The van der Waals surface area contributed by atoms with Crippen molar-refractivity contribution in [1.29, 1.82) is 0 Å². The van der Waals surface area contributed by atoms with E-state index in [0.717, 1.165) is 6.07 Å². The molecule has 0 bridgehead atoms. The van der Waals surface area contributed by atoms with Crippen LogP contribution < -0.4 is 10.5 Å². The second-order valence-corrected chi connectivity index (χ2v) is 4.93. The summed E-state index contributed by atoms with van der Waals surface area (Å²) in [7, 11) is 0. The smallest absolute Gasteiger partial charge is 0.170 e. The molecule has 4 nitrogen and oxygen atoms in total. The molecule has 0 heterocycles. The molecular weight excluding hydrogens is 318 g/mol. The van der Waals surface area contributed by atoms with Gasteiger partial charge in [0.15, 0.2) is 17.4 Å². The molecule has 2 aromatic carbocycles. The standard InChI is InChI=1S/C14H11Cl2FN2O2/c15-10-2-1-3-11(16)9(10)7-21-13-5-4-8(6-12(13)17)14(18)19-20/h1-6,20H,7H2,(H2,18,19). The number of rotatable bonds is 4. The Balaban J connectivity index is 2.18. The summed E-state index contributed by atoms with van der Waals surface area (Å²) in [5, 5.41) is 12.2. The van der Waals surface area contributed by atoms with Gasteiger partial charge in [-0.3, -0.25) is 0 Å². The maximum Gasteiger partial charge on any atom is 0.170 e. The molecule has 3 N–H and O–H groups in total. The predicted octanol–water partition coefficient (Wildman–Crippen LogP) is 3.81. The Morgan fingerprint density at radius 2 is 1.90 bits per heavy atom. The molecule has 0 fully saturated rings. The molecule has 2 aromatic rings. The quantitative estimate of drug-likeness (QED) is 0.388. The molecule has 0 aliphatic carbocycles. The first-order valence-corrected chi connectivity index (χ1v) is 6.61. The van der Waals surface area contributed by atoms with Crippen LogP contribution in [0.25, 0.3) is 0 Å². The summed E-state index contributed by atoms with van der Waals surface area (Å²) in [4.78, 5) is 0. The van der Waals surface area contributed by atoms with Gasteiger partial charge in [-0.25, -0.2) is 4.39 Å². The van der Waals surface area contributed by atoms with Gasteiger partial charge in [-0.15, -0.1) is 0 Å². The lowest BCUT2D eigenvalue weighted by molar-refractivity contribution is 0.290. The molecule has 0 aliphatic rings. The third kappa shape index (κ3) is 3.56. The van der Waals surface area contributed by atoms with Gasteiger partial charge in [0.05, 0.1) is 0 Å². The molecule has 0 saturated heterocycles. The van der Waals surface area contributed by atoms with E-state index in [1.54, 1.807) is 18.2 Å². The minimum atomic E-state index is -0.637. The fourth-order valence-corrected chi connectivity index (χ4v) is 2.16. The molecule has 0 amide bonds. The van der Waals surface area contributed by atoms with Crippen molar-refractivity contribution in [2.45, 2.75) is 6.61 Å². The zero-order chi connectivity index (χ0) is 15.4. The Bertz CT molecular complexity index is 672. The number of hydrogen-bond donors (Lipinski definition) is 2. The van der Waals surface area contributed by atoms with Crippen molar-refractivity contribution in [3.8, 4) is 5.75 Å². The lowest BCUT2D eigenvalue weighted by Crippen LogP contribution is -2.13. The van der Waals surface area contributed by atoms with Crippen molar-refractivity contribution in [2.24, 2.45) is 10.9 Å². The summed E-state index contributed by atoms with van der Waals surface area (Å²) < 4.78 is 19.2. The highest BCUT2D eigenvalue weighted by Crippen LogP contribution is 2.27. The molecule has 0 unspecified atom stereocenters. The van der Waals surface area contributed by atoms with Gasteiger partial charge in [0, 0.05) is 21.2 Å². The van der Waals surface area contributed by atoms with E-state index in [4.69, 9.17) is 38.9 Å². The van der Waals surface area contributed by atoms with Gasteiger partial charge in [-0.1, -0.05) is 34.4 Å². The van der Waals surface area contributed by atoms with Crippen LogP contribution in [0.2, 0.25) is 10.0 Å². The summed E-state index contributed by atoms with van der Waals surface area (Å²) in [6.45, 7) is 0.0261. The Hall–Kier alpha value is -1.98. The normalized spacial score (nSPS) is 11.5. The average Bonchev–Trinajstić information content (AvgIpc) is 2.47. The number of benzene rings is 2. The van der Waals surface area contributed by atoms with Crippen LogP contribution >= 0.6 is 23.2 Å². The largest absolute Gasteiger partial charge is 0.486 e. The van der Waals surface area contributed by atoms with Gasteiger partial charge < -0.3 is 15.7 Å². The van der Waals surface area contributed by atoms with Gasteiger partial charge in [-0.2, -0.15) is 0 Å². The maximum atomic E-state index is 13.9. The Morgan fingerprint density at radius 3 is 2.48 bits per heavy atom. The molecule has 0 aliphatic heterocycles. The highest BCUT2D eigenvalue weighted by Gasteiger charge is 2.10. The second-order valence-electron chi connectivity index (χ2n) is 4.12. The number of ether oxygens (including phenoxy) is 1. The molecule has 110 valence electrons. The van der Waals surface area contributed by atoms with Crippen molar-refractivity contribution in [1.82, 2.24) is 0 Å². The zero-order valence-electron chi connectivity index (χ0n) is 10.7. The molecule has 0 radical (unpaired) electrons. The molecule has 0 aromatic heterocycles. The SMILES string of the molecule is N/C(=N/O)c1ccc(OCc2c(Cl)cccc2Cl)c(F)c1. The predicted molar refractivity (Wildman–Crippen MR) is 79.7 cm³/mol. The summed E-state index contributed by atoms with van der Waals surface area (Å²) >= 11 is 12.0. The highest BCUT2D eigenvalue weighted by molar-refractivity contribution is 6.35. The summed E-state index contributed by atoms with van der Waals surface area (Å²) in [6, 6.07) is 9.02. The molecule has 0 spiro atoms. The first-order chi connectivity index (χ1) is 10.0. The lowest BCUT2D eigenvalue weighted by Gasteiger charge is -2.10. The van der Waals surface area contributed by atoms with Crippen molar-refractivity contribution < 1.29 is 14.3 Å². The molecule has 21 heavy (non-hydrogen) atoms. The van der Waals surface area contributed by atoms with E-state index < -0.39 is 5.82 Å². The second kappa shape index (κ2) is 6.65. The number of oxime groups is 1. The van der Waals surface area contributed by atoms with E-state index in [-0.39, 0.29) is 23.8 Å². The first kappa shape index (κ1) is 15.4. The third-order valence-corrected chi connectivity index (χ3v) is 3.48. The topological polar surface area (TPSA) is 67.8 Å². The fraction of sp³-hybridized carbons (Fsp3) is 0.0714. The summed E-state index contributed by atoms with van der Waals surface area (Å²) in [5.41, 5.74) is 6.19. The van der Waals surface area contributed by atoms with Crippen molar-refractivity contribution in [3.05, 3.63) is 63.4 Å². The van der Waals surface area contributed by atoms with E-state index in [2.05, 4.69) is 5.16 Å². The molecule has 7 heteroatoms. The fourth-order valence-electron chi connectivity index (χ4n) is 1.66. The van der Waals surface area contributed by atoms with E-state index >= 15 is 0 Å². The van der Waals surface area contributed by atoms with E-state index in [9.17, 15) is 4.39 Å². The molecule has 2 rings (SSSR count). The number of nitrogens with two attached hydrogens (primary N) is 1. The average molecular weight is 329 g/mol. The van der Waals surface area contributed by atoms with Crippen LogP contribution in [0.1, 0.15) is 11.1 Å². The van der Waals surface area contributed by atoms with E-state index in [1.165, 1.54) is 12.1 Å². The van der Waals surface area contributed by atoms with Crippen molar-refractivity contribution in [2.75, 3.05) is 0 Å². The molecule has 0 saturated carbocycles. The van der Waals surface area contributed by atoms with Crippen LogP contribution in [0.4, 0.5) is 4.39 Å². The number of amidine groups is 1. The van der Waals surface area contributed by atoms with Gasteiger partial charge in [-0.05, 0) is 30.3 Å². The van der Waals surface area contributed by atoms with Crippen LogP contribution in [0.15, 0.2) is 41.6 Å². The highest BCUT2D eigenvalue weighted by atomic mass is 35.5. The summed E-state index contributed by atoms with van der Waals surface area (Å²) in [6.07, 6.45) is 0. The third-order valence-electron chi connectivity index (χ3n) is 2.77. The van der Waals surface area contributed by atoms with Crippen molar-refractivity contribution >= 4 is 29.0 Å². The minimum absolute atomic E-state index is 0.0143. The first-order valence-electron chi connectivity index (χ1n) is 5.86. The monoisotopic (exact) mass is 328 g/mol. The van der Waals surface area contributed by atoms with Crippen LogP contribution in [-0.4, -0.2) is 11.0 Å². The zero-order valence-corrected chi connectivity index (χ0v) is 12.2. The van der Waals surface area contributed by atoms with Gasteiger partial charge >= 0.3 is 0 Å². The van der Waals surface area contributed by atoms with Crippen molar-refractivity contribution in [3.63, 3.8) is 0 Å². The van der Waals surface area contributed by atoms with Gasteiger partial charge in [0.2, 0.25) is 0 Å².